The van der Waals surface area contributed by atoms with Gasteiger partial charge in [-0.05, 0) is 30.4 Å². The standard InChI is InChI=1S/C19H15NO6/c1-24-14-7-8-15(17(11-14)25-2)18-10-13(19(21)26-18)9-12-5-3-4-6-16(12)20(22)23/h3-11H,1-2H3. The van der Waals surface area contributed by atoms with E-state index < -0.39 is 10.9 Å². The van der Waals surface area contributed by atoms with Gasteiger partial charge in [-0.2, -0.15) is 0 Å². The van der Waals surface area contributed by atoms with Gasteiger partial charge in [0.2, 0.25) is 0 Å². The monoisotopic (exact) mass is 353 g/mol. The molecule has 7 heteroatoms. The Morgan fingerprint density at radius 3 is 2.58 bits per heavy atom. The number of ether oxygens (including phenoxy) is 3. The average Bonchev–Trinajstić information content (AvgIpc) is 3.01. The lowest BCUT2D eigenvalue weighted by atomic mass is 10.1. The van der Waals surface area contributed by atoms with Crippen molar-refractivity contribution in [2.75, 3.05) is 14.2 Å². The molecule has 0 N–H and O–H groups in total. The summed E-state index contributed by atoms with van der Waals surface area (Å²) in [7, 11) is 3.04. The zero-order valence-corrected chi connectivity index (χ0v) is 14.1. The number of hydrogen-bond acceptors (Lipinski definition) is 6. The normalized spacial score (nSPS) is 14.8. The number of rotatable bonds is 5. The number of cyclic esters (lactones) is 1. The molecule has 26 heavy (non-hydrogen) atoms. The molecule has 0 aromatic heterocycles. The van der Waals surface area contributed by atoms with Crippen LogP contribution in [0.15, 0.2) is 54.1 Å². The molecule has 7 nitrogen and oxygen atoms in total. The van der Waals surface area contributed by atoms with Crippen molar-refractivity contribution >= 4 is 23.5 Å². The molecule has 132 valence electrons. The molecular formula is C19H15NO6. The van der Waals surface area contributed by atoms with Crippen LogP contribution in [0.3, 0.4) is 0 Å². The van der Waals surface area contributed by atoms with Crippen LogP contribution < -0.4 is 9.47 Å². The highest BCUT2D eigenvalue weighted by Gasteiger charge is 2.25. The van der Waals surface area contributed by atoms with E-state index in [2.05, 4.69) is 0 Å². The summed E-state index contributed by atoms with van der Waals surface area (Å²) < 4.78 is 15.8. The van der Waals surface area contributed by atoms with Gasteiger partial charge in [0.05, 0.1) is 35.8 Å². The van der Waals surface area contributed by atoms with Crippen LogP contribution in [0, 0.1) is 10.1 Å². The van der Waals surface area contributed by atoms with Crippen molar-refractivity contribution in [2.24, 2.45) is 0 Å². The molecule has 0 unspecified atom stereocenters. The highest BCUT2D eigenvalue weighted by atomic mass is 16.6. The van der Waals surface area contributed by atoms with Gasteiger partial charge in [0.1, 0.15) is 17.3 Å². The lowest BCUT2D eigenvalue weighted by Gasteiger charge is -2.10. The lowest BCUT2D eigenvalue weighted by molar-refractivity contribution is -0.385. The van der Waals surface area contributed by atoms with Gasteiger partial charge in [-0.3, -0.25) is 10.1 Å². The fourth-order valence-electron chi connectivity index (χ4n) is 2.57. The molecule has 0 spiro atoms. The summed E-state index contributed by atoms with van der Waals surface area (Å²) >= 11 is 0. The van der Waals surface area contributed by atoms with Crippen LogP contribution in [0.5, 0.6) is 11.5 Å². The van der Waals surface area contributed by atoms with Gasteiger partial charge in [-0.25, -0.2) is 4.79 Å². The highest BCUT2D eigenvalue weighted by Crippen LogP contribution is 2.35. The highest BCUT2D eigenvalue weighted by molar-refractivity contribution is 6.05. The molecular weight excluding hydrogens is 338 g/mol. The molecule has 0 aliphatic carbocycles. The SMILES string of the molecule is COc1ccc(C2=CC(=Cc3ccccc3[N+](=O)[O-])C(=O)O2)c(OC)c1. The van der Waals surface area contributed by atoms with Gasteiger partial charge in [-0.15, -0.1) is 0 Å². The molecule has 0 saturated heterocycles. The number of para-hydroxylation sites is 1. The molecule has 2 aromatic carbocycles. The lowest BCUT2D eigenvalue weighted by Crippen LogP contribution is -1.99. The predicted molar refractivity (Wildman–Crippen MR) is 94.7 cm³/mol. The van der Waals surface area contributed by atoms with Crippen LogP contribution in [0.2, 0.25) is 0 Å². The maximum atomic E-state index is 12.2. The first-order valence-electron chi connectivity index (χ1n) is 7.65. The molecule has 1 heterocycles. The second-order valence-corrected chi connectivity index (χ2v) is 5.38. The number of esters is 1. The molecule has 0 saturated carbocycles. The van der Waals surface area contributed by atoms with E-state index in [1.54, 1.807) is 36.4 Å². The Balaban J connectivity index is 2.02. The van der Waals surface area contributed by atoms with E-state index >= 15 is 0 Å². The van der Waals surface area contributed by atoms with E-state index in [0.29, 0.717) is 28.4 Å². The van der Waals surface area contributed by atoms with Crippen molar-refractivity contribution in [1.29, 1.82) is 0 Å². The van der Waals surface area contributed by atoms with Crippen LogP contribution >= 0.6 is 0 Å². The third-order valence-corrected chi connectivity index (χ3v) is 3.84. The average molecular weight is 353 g/mol. The summed E-state index contributed by atoms with van der Waals surface area (Å²) in [6.45, 7) is 0. The summed E-state index contributed by atoms with van der Waals surface area (Å²) in [6, 6.07) is 11.3. The number of carbonyl (C=O) groups is 1. The van der Waals surface area contributed by atoms with Crippen molar-refractivity contribution < 1.29 is 23.9 Å². The van der Waals surface area contributed by atoms with E-state index in [0.717, 1.165) is 0 Å². The van der Waals surface area contributed by atoms with Gasteiger partial charge in [0.25, 0.3) is 5.69 Å². The van der Waals surface area contributed by atoms with Gasteiger partial charge in [0.15, 0.2) is 0 Å². The summed E-state index contributed by atoms with van der Waals surface area (Å²) in [5, 5.41) is 11.1. The Labute approximate surface area is 149 Å². The first-order chi connectivity index (χ1) is 12.5. The summed E-state index contributed by atoms with van der Waals surface area (Å²) in [6.07, 6.45) is 2.97. The van der Waals surface area contributed by atoms with Gasteiger partial charge >= 0.3 is 5.97 Å². The maximum Gasteiger partial charge on any atom is 0.343 e. The van der Waals surface area contributed by atoms with Crippen molar-refractivity contribution in [1.82, 2.24) is 0 Å². The zero-order chi connectivity index (χ0) is 18.7. The summed E-state index contributed by atoms with van der Waals surface area (Å²) in [5.41, 5.74) is 1.03. The Kier molecular flexibility index (Phi) is 4.70. The van der Waals surface area contributed by atoms with Crippen LogP contribution in [-0.2, 0) is 9.53 Å². The minimum absolute atomic E-state index is 0.0864. The van der Waals surface area contributed by atoms with Crippen LogP contribution in [0.1, 0.15) is 11.1 Å². The van der Waals surface area contributed by atoms with E-state index in [1.165, 1.54) is 32.4 Å². The van der Waals surface area contributed by atoms with E-state index in [9.17, 15) is 14.9 Å². The summed E-state index contributed by atoms with van der Waals surface area (Å²) in [5.74, 6) is 0.803. The third kappa shape index (κ3) is 3.27. The predicted octanol–water partition coefficient (Wildman–Crippen LogP) is 3.59. The zero-order valence-electron chi connectivity index (χ0n) is 14.1. The molecule has 0 radical (unpaired) electrons. The van der Waals surface area contributed by atoms with Crippen LogP contribution in [0.25, 0.3) is 11.8 Å². The number of methoxy groups -OCH3 is 2. The fourth-order valence-corrected chi connectivity index (χ4v) is 2.57. The molecule has 0 fully saturated rings. The van der Waals surface area contributed by atoms with E-state index in [1.807, 2.05) is 0 Å². The molecule has 0 bridgehead atoms. The number of nitro groups is 1. The van der Waals surface area contributed by atoms with Crippen LogP contribution in [-0.4, -0.2) is 25.1 Å². The largest absolute Gasteiger partial charge is 0.497 e. The first-order valence-corrected chi connectivity index (χ1v) is 7.65. The Morgan fingerprint density at radius 2 is 1.88 bits per heavy atom. The second-order valence-electron chi connectivity index (χ2n) is 5.38. The number of hydrogen-bond donors (Lipinski definition) is 0. The Bertz CT molecular complexity index is 945. The van der Waals surface area contributed by atoms with Crippen LogP contribution in [0.4, 0.5) is 5.69 Å². The van der Waals surface area contributed by atoms with Crippen molar-refractivity contribution in [3.8, 4) is 11.5 Å². The first kappa shape index (κ1) is 17.2. The number of benzene rings is 2. The Morgan fingerprint density at radius 1 is 1.12 bits per heavy atom. The van der Waals surface area contributed by atoms with Crippen molar-refractivity contribution in [3.05, 3.63) is 75.4 Å². The van der Waals surface area contributed by atoms with E-state index in [-0.39, 0.29) is 11.3 Å². The van der Waals surface area contributed by atoms with Gasteiger partial charge in [0, 0.05) is 12.1 Å². The van der Waals surface area contributed by atoms with E-state index in [4.69, 9.17) is 14.2 Å². The molecule has 3 rings (SSSR count). The van der Waals surface area contributed by atoms with Crippen molar-refractivity contribution in [3.63, 3.8) is 0 Å². The minimum Gasteiger partial charge on any atom is -0.497 e. The Hall–Kier alpha value is -3.61. The molecule has 0 amide bonds. The second kappa shape index (κ2) is 7.10. The van der Waals surface area contributed by atoms with Gasteiger partial charge in [-0.1, -0.05) is 12.1 Å². The number of carbonyl (C=O) groups excluding carboxylic acids is 1. The topological polar surface area (TPSA) is 87.9 Å². The summed E-state index contributed by atoms with van der Waals surface area (Å²) in [4.78, 5) is 22.8. The smallest absolute Gasteiger partial charge is 0.343 e. The molecule has 2 aromatic rings. The fraction of sp³-hybridized carbons (Fsp3) is 0.105. The third-order valence-electron chi connectivity index (χ3n) is 3.84. The number of nitrogens with zero attached hydrogens (tertiary/aromatic N) is 1. The maximum absolute atomic E-state index is 12.2. The van der Waals surface area contributed by atoms with Gasteiger partial charge < -0.3 is 14.2 Å². The molecule has 1 aliphatic heterocycles. The quantitative estimate of drug-likeness (QED) is 0.353. The minimum atomic E-state index is -0.587. The number of nitro benzene ring substituents is 1. The van der Waals surface area contributed by atoms with Crippen molar-refractivity contribution in [2.45, 2.75) is 0 Å². The molecule has 0 atom stereocenters. The molecule has 1 aliphatic rings.